The van der Waals surface area contributed by atoms with Gasteiger partial charge >= 0.3 is 12.1 Å². The van der Waals surface area contributed by atoms with Gasteiger partial charge in [0, 0.05) is 10.9 Å². The highest BCUT2D eigenvalue weighted by Crippen LogP contribution is 2.32. The minimum Gasteiger partial charge on any atom is -0.469 e. The van der Waals surface area contributed by atoms with Gasteiger partial charge < -0.3 is 14.8 Å². The second kappa shape index (κ2) is 5.91. The zero-order chi connectivity index (χ0) is 13.9. The predicted molar refractivity (Wildman–Crippen MR) is 70.6 cm³/mol. The Morgan fingerprint density at radius 1 is 1.28 bits per heavy atom. The molecule has 0 aromatic carbocycles. The molecule has 1 aliphatic rings. The summed E-state index contributed by atoms with van der Waals surface area (Å²) in [4.78, 5) is 23.1. The Kier molecular flexibility index (Phi) is 5.01. The number of hydrogen-bond acceptors (Lipinski definition) is 4. The predicted octanol–water partition coefficient (Wildman–Crippen LogP) is 2.23. The van der Waals surface area contributed by atoms with Gasteiger partial charge in [-0.05, 0) is 33.6 Å². The first-order valence-electron chi connectivity index (χ1n) is 5.94. The van der Waals surface area contributed by atoms with Crippen LogP contribution in [0, 0.1) is 5.92 Å². The summed E-state index contributed by atoms with van der Waals surface area (Å²) in [5, 5.41) is 2.78. The number of amides is 1. The molecule has 1 aliphatic carbocycles. The molecule has 0 aromatic rings. The van der Waals surface area contributed by atoms with E-state index in [-0.39, 0.29) is 22.8 Å². The van der Waals surface area contributed by atoms with E-state index < -0.39 is 11.7 Å². The van der Waals surface area contributed by atoms with Gasteiger partial charge in [0.25, 0.3) is 0 Å². The molecule has 1 saturated carbocycles. The van der Waals surface area contributed by atoms with Crippen molar-refractivity contribution in [3.8, 4) is 0 Å². The number of hydrogen-bond donors (Lipinski definition) is 1. The van der Waals surface area contributed by atoms with Crippen molar-refractivity contribution >= 4 is 28.0 Å². The largest absolute Gasteiger partial charge is 0.469 e. The van der Waals surface area contributed by atoms with Gasteiger partial charge in [-0.1, -0.05) is 15.9 Å². The normalized spacial score (nSPS) is 27.7. The standard InChI is InChI=1S/C12H20BrNO4/c1-12(2,3)18-11(16)14-9-6-7(5-8(9)13)10(15)17-4/h7-9H,5-6H2,1-4H3,(H,14,16)/t7-,8-,9-/m0/s1. The van der Waals surface area contributed by atoms with Crippen LogP contribution in [0.5, 0.6) is 0 Å². The lowest BCUT2D eigenvalue weighted by Gasteiger charge is -2.22. The minimum atomic E-state index is -0.522. The first-order chi connectivity index (χ1) is 8.23. The summed E-state index contributed by atoms with van der Waals surface area (Å²) in [6.45, 7) is 5.43. The molecule has 0 aromatic heterocycles. The fourth-order valence-electron chi connectivity index (χ4n) is 1.95. The Morgan fingerprint density at radius 3 is 2.39 bits per heavy atom. The molecule has 5 nitrogen and oxygen atoms in total. The van der Waals surface area contributed by atoms with Crippen LogP contribution in [-0.4, -0.2) is 35.6 Å². The van der Waals surface area contributed by atoms with Crippen LogP contribution >= 0.6 is 15.9 Å². The molecule has 18 heavy (non-hydrogen) atoms. The molecule has 6 heteroatoms. The van der Waals surface area contributed by atoms with Crippen LogP contribution in [-0.2, 0) is 14.3 Å². The number of rotatable bonds is 2. The number of alkyl halides is 1. The summed E-state index contributed by atoms with van der Waals surface area (Å²) < 4.78 is 9.90. The van der Waals surface area contributed by atoms with E-state index in [1.807, 2.05) is 20.8 Å². The van der Waals surface area contributed by atoms with Crippen molar-refractivity contribution in [1.82, 2.24) is 5.32 Å². The Morgan fingerprint density at radius 2 is 1.89 bits per heavy atom. The molecule has 1 N–H and O–H groups in total. The quantitative estimate of drug-likeness (QED) is 0.625. The number of carbonyl (C=O) groups excluding carboxylic acids is 2. The molecular formula is C12H20BrNO4. The maximum absolute atomic E-state index is 11.6. The van der Waals surface area contributed by atoms with Crippen molar-refractivity contribution in [3.05, 3.63) is 0 Å². The van der Waals surface area contributed by atoms with E-state index in [9.17, 15) is 9.59 Å². The lowest BCUT2D eigenvalue weighted by atomic mass is 10.1. The van der Waals surface area contributed by atoms with Crippen molar-refractivity contribution in [1.29, 1.82) is 0 Å². The first kappa shape index (κ1) is 15.3. The molecule has 0 spiro atoms. The van der Waals surface area contributed by atoms with Gasteiger partial charge in [-0.25, -0.2) is 4.79 Å². The zero-order valence-corrected chi connectivity index (χ0v) is 12.7. The van der Waals surface area contributed by atoms with Gasteiger partial charge in [0.2, 0.25) is 0 Å². The van der Waals surface area contributed by atoms with Crippen LogP contribution in [0.1, 0.15) is 33.6 Å². The molecule has 104 valence electrons. The fourth-order valence-corrected chi connectivity index (χ4v) is 2.75. The van der Waals surface area contributed by atoms with Gasteiger partial charge in [0.05, 0.1) is 13.0 Å². The highest BCUT2D eigenvalue weighted by Gasteiger charge is 2.38. The number of esters is 1. The average molecular weight is 322 g/mol. The SMILES string of the molecule is COC(=O)[C@@H]1C[C@H](NC(=O)OC(C)(C)C)[C@@H](Br)C1. The Bertz CT molecular complexity index is 327. The summed E-state index contributed by atoms with van der Waals surface area (Å²) in [6.07, 6.45) is 0.775. The summed E-state index contributed by atoms with van der Waals surface area (Å²) in [7, 11) is 1.38. The maximum atomic E-state index is 11.6. The zero-order valence-electron chi connectivity index (χ0n) is 11.2. The summed E-state index contributed by atoms with van der Waals surface area (Å²) >= 11 is 3.47. The van der Waals surface area contributed by atoms with E-state index in [0.717, 1.165) is 0 Å². The molecule has 1 fully saturated rings. The summed E-state index contributed by atoms with van der Waals surface area (Å²) in [5.41, 5.74) is -0.522. The molecule has 0 heterocycles. The van der Waals surface area contributed by atoms with E-state index in [2.05, 4.69) is 21.2 Å². The number of nitrogens with one attached hydrogen (secondary N) is 1. The smallest absolute Gasteiger partial charge is 0.407 e. The van der Waals surface area contributed by atoms with Gasteiger partial charge in [0.15, 0.2) is 0 Å². The van der Waals surface area contributed by atoms with Gasteiger partial charge in [-0.3, -0.25) is 4.79 Å². The van der Waals surface area contributed by atoms with Crippen molar-refractivity contribution in [2.75, 3.05) is 7.11 Å². The van der Waals surface area contributed by atoms with E-state index in [1.165, 1.54) is 7.11 Å². The van der Waals surface area contributed by atoms with Crippen LogP contribution in [0.3, 0.4) is 0 Å². The Labute approximate surface area is 116 Å². The van der Waals surface area contributed by atoms with E-state index in [0.29, 0.717) is 12.8 Å². The van der Waals surface area contributed by atoms with Crippen LogP contribution in [0.4, 0.5) is 4.79 Å². The molecule has 0 saturated heterocycles. The molecule has 0 radical (unpaired) electrons. The maximum Gasteiger partial charge on any atom is 0.407 e. The van der Waals surface area contributed by atoms with Crippen LogP contribution < -0.4 is 5.32 Å². The molecular weight excluding hydrogens is 302 g/mol. The van der Waals surface area contributed by atoms with Gasteiger partial charge in [0.1, 0.15) is 5.60 Å². The number of alkyl carbamates (subject to hydrolysis) is 1. The molecule has 1 rings (SSSR count). The second-order valence-electron chi connectivity index (χ2n) is 5.46. The number of halogens is 1. The van der Waals surface area contributed by atoms with Crippen molar-refractivity contribution in [2.45, 2.75) is 50.1 Å². The van der Waals surface area contributed by atoms with Crippen molar-refractivity contribution in [2.24, 2.45) is 5.92 Å². The lowest BCUT2D eigenvalue weighted by Crippen LogP contribution is -2.41. The molecule has 0 unspecified atom stereocenters. The van der Waals surface area contributed by atoms with Crippen LogP contribution in [0.25, 0.3) is 0 Å². The lowest BCUT2D eigenvalue weighted by molar-refractivity contribution is -0.145. The Balaban J connectivity index is 2.49. The van der Waals surface area contributed by atoms with Crippen molar-refractivity contribution in [3.63, 3.8) is 0 Å². The third-order valence-electron chi connectivity index (χ3n) is 2.72. The van der Waals surface area contributed by atoms with E-state index in [1.54, 1.807) is 0 Å². The third kappa shape index (κ3) is 4.48. The highest BCUT2D eigenvalue weighted by atomic mass is 79.9. The van der Waals surface area contributed by atoms with Crippen LogP contribution in [0.2, 0.25) is 0 Å². The Hall–Kier alpha value is -0.780. The number of ether oxygens (including phenoxy) is 2. The second-order valence-corrected chi connectivity index (χ2v) is 6.64. The first-order valence-corrected chi connectivity index (χ1v) is 6.86. The number of methoxy groups -OCH3 is 1. The van der Waals surface area contributed by atoms with Gasteiger partial charge in [-0.15, -0.1) is 0 Å². The number of carbonyl (C=O) groups is 2. The topological polar surface area (TPSA) is 64.6 Å². The van der Waals surface area contributed by atoms with E-state index >= 15 is 0 Å². The molecule has 3 atom stereocenters. The molecule has 1 amide bonds. The molecule has 0 aliphatic heterocycles. The average Bonchev–Trinajstić information content (AvgIpc) is 2.56. The minimum absolute atomic E-state index is 0.0640. The fraction of sp³-hybridized carbons (Fsp3) is 0.833. The summed E-state index contributed by atoms with van der Waals surface area (Å²) in [6, 6.07) is -0.107. The third-order valence-corrected chi connectivity index (χ3v) is 3.73. The highest BCUT2D eigenvalue weighted by molar-refractivity contribution is 9.09. The van der Waals surface area contributed by atoms with Gasteiger partial charge in [-0.2, -0.15) is 0 Å². The monoisotopic (exact) mass is 321 g/mol. The summed E-state index contributed by atoms with van der Waals surface area (Å²) in [5.74, 6) is -0.396. The van der Waals surface area contributed by atoms with E-state index in [4.69, 9.17) is 9.47 Å². The van der Waals surface area contributed by atoms with Crippen LogP contribution in [0.15, 0.2) is 0 Å². The molecule has 0 bridgehead atoms. The van der Waals surface area contributed by atoms with Crippen molar-refractivity contribution < 1.29 is 19.1 Å².